The van der Waals surface area contributed by atoms with Crippen molar-refractivity contribution in [1.29, 1.82) is 0 Å². The molecular weight excluding hydrogens is 1010 g/mol. The van der Waals surface area contributed by atoms with Gasteiger partial charge in [0, 0.05) is 0 Å². The van der Waals surface area contributed by atoms with E-state index in [1.165, 1.54) is 256 Å². The van der Waals surface area contributed by atoms with E-state index in [-0.39, 0.29) is 0 Å². The fourth-order valence-electron chi connectivity index (χ4n) is 14.4. The van der Waals surface area contributed by atoms with E-state index in [2.05, 4.69) is 263 Å². The first kappa shape index (κ1) is 68.8. The maximum Gasteiger partial charge on any atom is -0.0114 e. The average molecular weight is 1120 g/mol. The third-order valence-electron chi connectivity index (χ3n) is 23.9. The monoisotopic (exact) mass is 1120 g/mol. The number of hydrogen-bond donors (Lipinski definition) is 0. The first-order chi connectivity index (χ1) is 38.6. The van der Waals surface area contributed by atoms with Crippen molar-refractivity contribution in [2.75, 3.05) is 0 Å². The molecule has 8 rings (SSSR count). The van der Waals surface area contributed by atoms with Crippen LogP contribution in [0.25, 0.3) is 44.2 Å². The van der Waals surface area contributed by atoms with Crippen molar-refractivity contribution in [1.82, 2.24) is 0 Å². The molecule has 0 aliphatic rings. The van der Waals surface area contributed by atoms with E-state index < -0.39 is 0 Å². The lowest BCUT2D eigenvalue weighted by molar-refractivity contribution is 1.14. The molecule has 8 aromatic carbocycles. The largest absolute Gasteiger partial charge is 0.0447 e. The predicted octanol–water partition coefficient (Wildman–Crippen LogP) is 24.6. The molecule has 0 unspecified atom stereocenters. The Morgan fingerprint density at radius 3 is 0.214 bits per heavy atom. The second kappa shape index (κ2) is 25.5. The summed E-state index contributed by atoms with van der Waals surface area (Å²) in [5.74, 6) is 0. The molecule has 0 radical (unpaired) electrons. The third-order valence-corrected chi connectivity index (χ3v) is 23.9. The van der Waals surface area contributed by atoms with E-state index >= 15 is 0 Å². The summed E-state index contributed by atoms with van der Waals surface area (Å²) in [7, 11) is 0. The highest BCUT2D eigenvalue weighted by Crippen LogP contribution is 2.44. The van der Waals surface area contributed by atoms with Crippen LogP contribution in [0, 0.1) is 263 Å². The van der Waals surface area contributed by atoms with Crippen molar-refractivity contribution in [3.05, 3.63) is 211 Å². The van der Waals surface area contributed by atoms with Crippen LogP contribution in [0.3, 0.4) is 0 Å². The summed E-state index contributed by atoms with van der Waals surface area (Å²) in [6.07, 6.45) is 0. The Morgan fingerprint density at radius 1 is 0.0714 bits per heavy atom. The van der Waals surface area contributed by atoms with Gasteiger partial charge in [0.25, 0.3) is 0 Å². The Morgan fingerprint density at radius 2 is 0.131 bits per heavy atom. The van der Waals surface area contributed by atoms with Crippen LogP contribution in [-0.4, -0.2) is 0 Å². The molecule has 8 aromatic rings. The highest BCUT2D eigenvalue weighted by Gasteiger charge is 2.24. The van der Waals surface area contributed by atoms with Gasteiger partial charge in [-0.05, 0) is 519 Å². The van der Waals surface area contributed by atoms with E-state index in [4.69, 9.17) is 0 Å². The van der Waals surface area contributed by atoms with Gasteiger partial charge in [0.05, 0.1) is 0 Å². The van der Waals surface area contributed by atoms with Crippen LogP contribution < -0.4 is 0 Å². The van der Waals surface area contributed by atoms with Crippen LogP contribution in [0.4, 0.5) is 0 Å². The van der Waals surface area contributed by atoms with Gasteiger partial charge >= 0.3 is 0 Å². The van der Waals surface area contributed by atoms with E-state index in [0.29, 0.717) is 0 Å². The molecule has 0 atom stereocenters. The van der Waals surface area contributed by atoms with Gasteiger partial charge in [0.15, 0.2) is 0 Å². The molecule has 450 valence electrons. The van der Waals surface area contributed by atoms with Gasteiger partial charge in [-0.15, -0.1) is 0 Å². The Balaban J connectivity index is 0.000000205. The Hall–Kier alpha value is -5.98. The van der Waals surface area contributed by atoms with Gasteiger partial charge in [-0.25, -0.2) is 0 Å². The van der Waals surface area contributed by atoms with Crippen molar-refractivity contribution in [2.24, 2.45) is 0 Å². The molecule has 0 heteroatoms. The number of hydrogen-bond acceptors (Lipinski definition) is 0. The quantitative estimate of drug-likeness (QED) is 0.165. The zero-order chi connectivity index (χ0) is 64.6. The summed E-state index contributed by atoms with van der Waals surface area (Å²) in [5, 5.41) is 2.97. The fraction of sp³-hybridized carbons (Fsp3) is 0.452. The van der Waals surface area contributed by atoms with Crippen molar-refractivity contribution in [2.45, 2.75) is 263 Å². The SMILES string of the molecule is Cc1c(C)c(C)c(-c2c(C)c(C)c(C)c(C)c2C)c(C)c1C.Cc1c(C)c(C)c(-c2c(C)c(C)c(C)c(C)c2C)c(C)c1C.Cc1c(C)c(C)c(-c2c(C)c(C)c(C)c(C)c2C)c(C)c1C.Cc1c(C)c(C)c2c(C)c(C)c(C)c(C)c2c1C. The van der Waals surface area contributed by atoms with Gasteiger partial charge in [-0.2, -0.15) is 0 Å². The number of benzene rings is 8. The molecule has 0 nitrogen and oxygen atoms in total. The molecule has 0 aliphatic carbocycles. The molecule has 0 bridgehead atoms. The van der Waals surface area contributed by atoms with Crippen molar-refractivity contribution < 1.29 is 0 Å². The van der Waals surface area contributed by atoms with Gasteiger partial charge in [-0.3, -0.25) is 0 Å². The zero-order valence-corrected chi connectivity index (χ0v) is 61.0. The second-order valence-corrected chi connectivity index (χ2v) is 26.8. The maximum absolute atomic E-state index is 2.29. The van der Waals surface area contributed by atoms with Crippen molar-refractivity contribution in [3.63, 3.8) is 0 Å². The predicted molar refractivity (Wildman–Crippen MR) is 380 cm³/mol. The lowest BCUT2D eigenvalue weighted by atomic mass is 9.80. The lowest BCUT2D eigenvalue weighted by Crippen LogP contribution is -2.05. The summed E-state index contributed by atoms with van der Waals surface area (Å²) in [6, 6.07) is 0. The summed E-state index contributed by atoms with van der Waals surface area (Å²) >= 11 is 0. The van der Waals surface area contributed by atoms with E-state index in [1.54, 1.807) is 0 Å². The molecule has 0 saturated carbocycles. The van der Waals surface area contributed by atoms with Crippen LogP contribution in [0.5, 0.6) is 0 Å². The first-order valence-corrected chi connectivity index (χ1v) is 31.5. The molecule has 0 heterocycles. The van der Waals surface area contributed by atoms with Crippen molar-refractivity contribution >= 4 is 10.8 Å². The molecule has 0 aliphatic heterocycles. The minimum atomic E-state index is 1.44. The lowest BCUT2D eigenvalue weighted by Gasteiger charge is -2.25. The zero-order valence-electron chi connectivity index (χ0n) is 61.0. The Bertz CT molecular complexity index is 3220. The molecule has 0 saturated heterocycles. The van der Waals surface area contributed by atoms with Gasteiger partial charge in [-0.1, -0.05) is 0 Å². The first-order valence-electron chi connectivity index (χ1n) is 31.5. The minimum absolute atomic E-state index is 1.44. The average Bonchev–Trinajstić information content (AvgIpc) is 3.66. The standard InChI is InChI=1S/3C22H30.C18H24/c3*1-11-13(3)17(7)21(18(8)14(11)4)22-19(9)15(5)12(2)16(6)20(22)10;1-9-10(2)14(6)18-16(8)12(4)11(3)15(7)17(18)13(9)5/h3*1-10H3;1-8H3. The number of rotatable bonds is 3. The summed E-state index contributed by atoms with van der Waals surface area (Å²) in [5.41, 5.74) is 63.5. The van der Waals surface area contributed by atoms with E-state index in [1.807, 2.05) is 0 Å². The Kier molecular flexibility index (Phi) is 20.9. The molecule has 84 heavy (non-hydrogen) atoms. The van der Waals surface area contributed by atoms with Crippen LogP contribution >= 0.6 is 0 Å². The van der Waals surface area contributed by atoms with E-state index in [0.717, 1.165) is 0 Å². The van der Waals surface area contributed by atoms with Crippen molar-refractivity contribution in [3.8, 4) is 33.4 Å². The smallest absolute Gasteiger partial charge is 0.0114 e. The van der Waals surface area contributed by atoms with Crippen LogP contribution in [0.2, 0.25) is 0 Å². The topological polar surface area (TPSA) is 0 Å². The molecule has 0 aromatic heterocycles. The molecule has 0 N–H and O–H groups in total. The van der Waals surface area contributed by atoms with E-state index in [9.17, 15) is 0 Å². The highest BCUT2D eigenvalue weighted by molar-refractivity contribution is 5.97. The van der Waals surface area contributed by atoms with Gasteiger partial charge < -0.3 is 0 Å². The normalized spacial score (nSPS) is 11.2. The molecule has 0 fully saturated rings. The maximum atomic E-state index is 2.29. The van der Waals surface area contributed by atoms with Crippen LogP contribution in [0.1, 0.15) is 211 Å². The number of fused-ring (bicyclic) bond motifs is 1. The summed E-state index contributed by atoms with van der Waals surface area (Å²) in [6.45, 7) is 86.2. The minimum Gasteiger partial charge on any atom is -0.0447 e. The van der Waals surface area contributed by atoms with Crippen LogP contribution in [-0.2, 0) is 0 Å². The number of aryl methyl sites for hydroxylation is 4. The fourth-order valence-corrected chi connectivity index (χ4v) is 14.4. The summed E-state index contributed by atoms with van der Waals surface area (Å²) in [4.78, 5) is 0. The van der Waals surface area contributed by atoms with Gasteiger partial charge in [0.1, 0.15) is 0 Å². The van der Waals surface area contributed by atoms with Gasteiger partial charge in [0.2, 0.25) is 0 Å². The molecular formula is C84H114. The van der Waals surface area contributed by atoms with Crippen LogP contribution in [0.15, 0.2) is 0 Å². The highest BCUT2D eigenvalue weighted by atomic mass is 14.3. The Labute approximate surface area is 515 Å². The summed E-state index contributed by atoms with van der Waals surface area (Å²) < 4.78 is 0. The molecule has 0 amide bonds. The third kappa shape index (κ3) is 11.4. The second-order valence-electron chi connectivity index (χ2n) is 26.8. The molecule has 0 spiro atoms.